The number of amides is 1. The van der Waals surface area contributed by atoms with Gasteiger partial charge in [-0.05, 0) is 30.3 Å². The fraction of sp³-hybridized carbons (Fsp3) is 0.0500. The van der Waals surface area contributed by atoms with E-state index < -0.39 is 11.1 Å². The molecule has 28 heavy (non-hydrogen) atoms. The molecular formula is C20H13Cl2N3O3. The Labute approximate surface area is 170 Å². The summed E-state index contributed by atoms with van der Waals surface area (Å²) in [6, 6.07) is 18.2. The van der Waals surface area contributed by atoms with Gasteiger partial charge in [0.1, 0.15) is 6.17 Å². The average molecular weight is 414 g/mol. The molecule has 0 saturated heterocycles. The first-order chi connectivity index (χ1) is 13.5. The zero-order valence-corrected chi connectivity index (χ0v) is 15.8. The molecule has 1 atom stereocenters. The predicted molar refractivity (Wildman–Crippen MR) is 109 cm³/mol. The summed E-state index contributed by atoms with van der Waals surface area (Å²) in [4.78, 5) is 25.5. The smallest absolute Gasteiger partial charge is 0.269 e. The van der Waals surface area contributed by atoms with E-state index in [0.29, 0.717) is 32.5 Å². The van der Waals surface area contributed by atoms with Crippen molar-refractivity contribution in [2.24, 2.45) is 0 Å². The molecule has 6 nitrogen and oxygen atoms in total. The minimum Gasteiger partial charge on any atom is -0.360 e. The van der Waals surface area contributed by atoms with Gasteiger partial charge in [-0.15, -0.1) is 0 Å². The van der Waals surface area contributed by atoms with Crippen LogP contribution in [0.2, 0.25) is 10.0 Å². The Morgan fingerprint density at radius 1 is 0.964 bits per heavy atom. The lowest BCUT2D eigenvalue weighted by atomic mass is 10.0. The molecular weight excluding hydrogens is 401 g/mol. The van der Waals surface area contributed by atoms with Crippen molar-refractivity contribution in [2.45, 2.75) is 6.17 Å². The molecule has 0 aliphatic carbocycles. The Kier molecular flexibility index (Phi) is 4.66. The van der Waals surface area contributed by atoms with Gasteiger partial charge in [0.15, 0.2) is 0 Å². The second-order valence-electron chi connectivity index (χ2n) is 6.22. The van der Waals surface area contributed by atoms with Crippen molar-refractivity contribution in [3.05, 3.63) is 98.0 Å². The summed E-state index contributed by atoms with van der Waals surface area (Å²) >= 11 is 12.2. The third-order valence-corrected chi connectivity index (χ3v) is 5.24. The van der Waals surface area contributed by atoms with E-state index >= 15 is 0 Å². The molecule has 1 aliphatic rings. The van der Waals surface area contributed by atoms with E-state index in [1.165, 1.54) is 17.0 Å². The summed E-state index contributed by atoms with van der Waals surface area (Å²) in [5.74, 6) is -0.246. The highest BCUT2D eigenvalue weighted by Gasteiger charge is 2.34. The minimum absolute atomic E-state index is 0.0558. The number of hydrogen-bond donors (Lipinski definition) is 1. The van der Waals surface area contributed by atoms with Gasteiger partial charge in [0.25, 0.3) is 11.6 Å². The van der Waals surface area contributed by atoms with Crippen molar-refractivity contribution in [2.75, 3.05) is 10.2 Å². The van der Waals surface area contributed by atoms with Gasteiger partial charge in [0.05, 0.1) is 20.5 Å². The van der Waals surface area contributed by atoms with E-state index in [-0.39, 0.29) is 11.6 Å². The van der Waals surface area contributed by atoms with Gasteiger partial charge in [0.2, 0.25) is 0 Å². The number of nitro benzene ring substituents is 1. The number of carbonyl (C=O) groups is 1. The van der Waals surface area contributed by atoms with Crippen LogP contribution in [0.4, 0.5) is 17.1 Å². The number of anilines is 2. The van der Waals surface area contributed by atoms with Crippen molar-refractivity contribution in [1.82, 2.24) is 0 Å². The van der Waals surface area contributed by atoms with Crippen molar-refractivity contribution in [1.29, 1.82) is 0 Å². The number of nitro groups is 1. The largest absolute Gasteiger partial charge is 0.360 e. The molecule has 8 heteroatoms. The first-order valence-corrected chi connectivity index (χ1v) is 9.10. The summed E-state index contributed by atoms with van der Waals surface area (Å²) in [7, 11) is 0. The fourth-order valence-electron chi connectivity index (χ4n) is 3.20. The maximum atomic E-state index is 13.3. The summed E-state index contributed by atoms with van der Waals surface area (Å²) in [5.41, 5.74) is 2.19. The van der Waals surface area contributed by atoms with Gasteiger partial charge in [0, 0.05) is 29.1 Å². The Balaban J connectivity index is 1.88. The number of carbonyl (C=O) groups excluding carboxylic acids is 1. The van der Waals surface area contributed by atoms with E-state index in [4.69, 9.17) is 23.2 Å². The molecule has 0 aromatic heterocycles. The molecule has 0 fully saturated rings. The summed E-state index contributed by atoms with van der Waals surface area (Å²) < 4.78 is 0. The number of benzene rings is 3. The van der Waals surface area contributed by atoms with Gasteiger partial charge in [-0.3, -0.25) is 19.8 Å². The first-order valence-electron chi connectivity index (χ1n) is 8.34. The van der Waals surface area contributed by atoms with Crippen LogP contribution in [0.5, 0.6) is 0 Å². The molecule has 0 saturated carbocycles. The van der Waals surface area contributed by atoms with Gasteiger partial charge in [-0.1, -0.05) is 47.5 Å². The Hall–Kier alpha value is -3.09. The number of non-ortho nitro benzene ring substituents is 1. The van der Waals surface area contributed by atoms with E-state index in [1.54, 1.807) is 48.5 Å². The number of rotatable bonds is 3. The van der Waals surface area contributed by atoms with Crippen LogP contribution < -0.4 is 10.2 Å². The molecule has 1 amide bonds. The van der Waals surface area contributed by atoms with E-state index in [1.807, 2.05) is 6.07 Å². The molecule has 4 rings (SSSR count). The van der Waals surface area contributed by atoms with Gasteiger partial charge < -0.3 is 5.32 Å². The molecule has 3 aromatic rings. The summed E-state index contributed by atoms with van der Waals surface area (Å²) in [6.07, 6.45) is -0.653. The minimum atomic E-state index is -0.653. The van der Waals surface area contributed by atoms with Gasteiger partial charge in [-0.2, -0.15) is 0 Å². The van der Waals surface area contributed by atoms with Gasteiger partial charge in [-0.25, -0.2) is 0 Å². The Morgan fingerprint density at radius 2 is 1.75 bits per heavy atom. The van der Waals surface area contributed by atoms with E-state index in [2.05, 4.69) is 5.32 Å². The SMILES string of the molecule is O=C1c2ccccc2N[C@H](c2cccc([N+](=O)[O-])c2)N1c1ccc(Cl)c(Cl)c1. The number of nitrogens with zero attached hydrogens (tertiary/aromatic N) is 2. The Morgan fingerprint density at radius 3 is 2.50 bits per heavy atom. The molecule has 1 aliphatic heterocycles. The Bertz CT molecular complexity index is 1100. The number of halogens is 2. The molecule has 0 bridgehead atoms. The monoisotopic (exact) mass is 413 g/mol. The van der Waals surface area contributed by atoms with Crippen LogP contribution in [-0.2, 0) is 0 Å². The normalized spacial score (nSPS) is 15.7. The highest BCUT2D eigenvalue weighted by Crippen LogP contribution is 2.39. The molecule has 0 spiro atoms. The molecule has 1 heterocycles. The summed E-state index contributed by atoms with van der Waals surface area (Å²) in [6.45, 7) is 0. The van der Waals surface area contributed by atoms with Crippen molar-refractivity contribution in [3.63, 3.8) is 0 Å². The molecule has 3 aromatic carbocycles. The van der Waals surface area contributed by atoms with Crippen molar-refractivity contribution in [3.8, 4) is 0 Å². The second-order valence-corrected chi connectivity index (χ2v) is 7.03. The highest BCUT2D eigenvalue weighted by atomic mass is 35.5. The highest BCUT2D eigenvalue weighted by molar-refractivity contribution is 6.42. The lowest BCUT2D eigenvalue weighted by Gasteiger charge is -2.38. The van der Waals surface area contributed by atoms with Crippen molar-refractivity contribution >= 4 is 46.2 Å². The van der Waals surface area contributed by atoms with Crippen LogP contribution in [0.3, 0.4) is 0 Å². The van der Waals surface area contributed by atoms with Crippen LogP contribution >= 0.6 is 23.2 Å². The number of nitrogens with one attached hydrogen (secondary N) is 1. The number of para-hydroxylation sites is 1. The maximum Gasteiger partial charge on any atom is 0.269 e. The van der Waals surface area contributed by atoms with E-state index in [9.17, 15) is 14.9 Å². The molecule has 0 unspecified atom stereocenters. The molecule has 1 N–H and O–H groups in total. The van der Waals surface area contributed by atoms with Crippen LogP contribution in [-0.4, -0.2) is 10.8 Å². The lowest BCUT2D eigenvalue weighted by Crippen LogP contribution is -2.43. The maximum absolute atomic E-state index is 13.3. The zero-order chi connectivity index (χ0) is 19.8. The number of fused-ring (bicyclic) bond motifs is 1. The quantitative estimate of drug-likeness (QED) is 0.443. The van der Waals surface area contributed by atoms with Crippen LogP contribution in [0, 0.1) is 10.1 Å². The zero-order valence-electron chi connectivity index (χ0n) is 14.3. The van der Waals surface area contributed by atoms with E-state index in [0.717, 1.165) is 0 Å². The van der Waals surface area contributed by atoms with Gasteiger partial charge >= 0.3 is 0 Å². The fourth-order valence-corrected chi connectivity index (χ4v) is 3.49. The summed E-state index contributed by atoms with van der Waals surface area (Å²) in [5, 5.41) is 15.2. The topological polar surface area (TPSA) is 75.5 Å². The molecule has 140 valence electrons. The average Bonchev–Trinajstić information content (AvgIpc) is 2.70. The number of hydrogen-bond acceptors (Lipinski definition) is 4. The first kappa shape index (κ1) is 18.3. The second kappa shape index (κ2) is 7.14. The molecule has 0 radical (unpaired) electrons. The lowest BCUT2D eigenvalue weighted by molar-refractivity contribution is -0.384. The third-order valence-electron chi connectivity index (χ3n) is 4.50. The van der Waals surface area contributed by atoms with Crippen LogP contribution in [0.1, 0.15) is 22.1 Å². The van der Waals surface area contributed by atoms with Crippen LogP contribution in [0.15, 0.2) is 66.7 Å². The third kappa shape index (κ3) is 3.17. The van der Waals surface area contributed by atoms with Crippen molar-refractivity contribution < 1.29 is 9.72 Å². The predicted octanol–water partition coefficient (Wildman–Crippen LogP) is 5.67. The van der Waals surface area contributed by atoms with Crippen LogP contribution in [0.25, 0.3) is 0 Å². The standard InChI is InChI=1S/C20H13Cl2N3O3/c21-16-9-8-13(11-17(16)22)24-19(12-4-3-5-14(10-12)25(27)28)23-18-7-2-1-6-15(18)20(24)26/h1-11,19,23H/t19-/m0/s1.